The number of rotatable bonds is 5. The molecule has 0 saturated carbocycles. The van der Waals surface area contributed by atoms with Crippen LogP contribution in [0.3, 0.4) is 0 Å². The largest absolute Gasteiger partial charge is 0.390 e. The van der Waals surface area contributed by atoms with Crippen molar-refractivity contribution in [2.45, 2.75) is 44.9 Å². The Balaban J connectivity index is 2.02. The monoisotopic (exact) mass is 315 g/mol. The summed E-state index contributed by atoms with van der Waals surface area (Å²) in [4.78, 5) is 17.3. The van der Waals surface area contributed by atoms with Crippen LogP contribution in [0.25, 0.3) is 0 Å². The van der Waals surface area contributed by atoms with Gasteiger partial charge in [0.05, 0.1) is 30.4 Å². The summed E-state index contributed by atoms with van der Waals surface area (Å²) in [5.74, 6) is -0.139. The quantitative estimate of drug-likeness (QED) is 0.909. The summed E-state index contributed by atoms with van der Waals surface area (Å²) in [5.41, 5.74) is 1.50. The molecule has 1 aliphatic rings. The van der Waals surface area contributed by atoms with Gasteiger partial charge in [0, 0.05) is 13.5 Å². The van der Waals surface area contributed by atoms with Crippen molar-refractivity contribution in [1.29, 1.82) is 0 Å². The van der Waals surface area contributed by atoms with Crippen LogP contribution in [0, 0.1) is 0 Å². The molecular formula is C15H20F3N3O. The van der Waals surface area contributed by atoms with Crippen molar-refractivity contribution >= 4 is 5.91 Å². The molecule has 0 aromatic carbocycles. The van der Waals surface area contributed by atoms with Gasteiger partial charge in [0.2, 0.25) is 5.91 Å². The minimum Gasteiger partial charge on any atom is -0.351 e. The van der Waals surface area contributed by atoms with E-state index in [-0.39, 0.29) is 18.5 Å². The minimum absolute atomic E-state index is 0.00572. The molecule has 1 fully saturated rings. The molecule has 0 aliphatic carbocycles. The molecule has 2 heterocycles. The van der Waals surface area contributed by atoms with Crippen molar-refractivity contribution in [3.8, 4) is 0 Å². The average Bonchev–Trinajstić information content (AvgIpc) is 2.91. The van der Waals surface area contributed by atoms with Gasteiger partial charge in [-0.2, -0.15) is 13.2 Å². The van der Waals surface area contributed by atoms with E-state index in [2.05, 4.69) is 10.3 Å². The van der Waals surface area contributed by atoms with Crippen LogP contribution in [0.1, 0.15) is 43.6 Å². The van der Waals surface area contributed by atoms with Crippen LogP contribution < -0.4 is 5.32 Å². The Kier molecular flexibility index (Phi) is 5.39. The third-order valence-electron chi connectivity index (χ3n) is 3.73. The maximum atomic E-state index is 12.4. The van der Waals surface area contributed by atoms with Crippen LogP contribution in [-0.2, 0) is 11.3 Å². The predicted molar refractivity (Wildman–Crippen MR) is 76.0 cm³/mol. The van der Waals surface area contributed by atoms with Crippen molar-refractivity contribution < 1.29 is 18.0 Å². The number of nitrogens with one attached hydrogen (secondary N) is 1. The van der Waals surface area contributed by atoms with Crippen molar-refractivity contribution in [2.75, 3.05) is 13.1 Å². The van der Waals surface area contributed by atoms with Crippen LogP contribution in [0.15, 0.2) is 18.2 Å². The summed E-state index contributed by atoms with van der Waals surface area (Å²) in [5, 5.41) is 2.67. The van der Waals surface area contributed by atoms with E-state index >= 15 is 0 Å². The van der Waals surface area contributed by atoms with Gasteiger partial charge in [0.1, 0.15) is 0 Å². The van der Waals surface area contributed by atoms with Gasteiger partial charge in [-0.3, -0.25) is 14.7 Å². The lowest BCUT2D eigenvalue weighted by molar-refractivity contribution is -0.138. The Bertz CT molecular complexity index is 519. The number of amides is 1. The number of aromatic nitrogens is 1. The summed E-state index contributed by atoms with van der Waals surface area (Å²) >= 11 is 0. The number of hydrogen-bond acceptors (Lipinski definition) is 3. The highest BCUT2D eigenvalue weighted by molar-refractivity contribution is 5.72. The molecule has 1 N–H and O–H groups in total. The molecule has 1 aromatic heterocycles. The molecule has 4 nitrogen and oxygen atoms in total. The van der Waals surface area contributed by atoms with Crippen molar-refractivity contribution in [3.05, 3.63) is 29.6 Å². The predicted octanol–water partition coefficient (Wildman–Crippen LogP) is 2.81. The number of nitrogens with zero attached hydrogens (tertiary/aromatic N) is 2. The normalized spacial score (nSPS) is 19.4. The molecule has 1 aliphatic heterocycles. The Morgan fingerprint density at radius 2 is 2.23 bits per heavy atom. The molecule has 1 saturated heterocycles. The van der Waals surface area contributed by atoms with Crippen LogP contribution >= 0.6 is 0 Å². The second kappa shape index (κ2) is 7.09. The van der Waals surface area contributed by atoms with Gasteiger partial charge in [-0.1, -0.05) is 6.07 Å². The van der Waals surface area contributed by atoms with Crippen LogP contribution in [0.2, 0.25) is 0 Å². The minimum atomic E-state index is -4.13. The van der Waals surface area contributed by atoms with Crippen LogP contribution in [0.4, 0.5) is 13.2 Å². The standard InChI is InChI=1S/C15H20F3N3O/c1-11(22)19-10-12-4-2-5-13(20-12)14-6-3-8-21(14)9-7-15(16,17)18/h2,4-5,14H,3,6-10H2,1H3,(H,19,22). The highest BCUT2D eigenvalue weighted by atomic mass is 19.4. The number of likely N-dealkylation sites (tertiary alicyclic amines) is 1. The second-order valence-electron chi connectivity index (χ2n) is 5.52. The number of carbonyl (C=O) groups excluding carboxylic acids is 1. The molecule has 122 valence electrons. The van der Waals surface area contributed by atoms with E-state index in [1.54, 1.807) is 6.07 Å². The van der Waals surface area contributed by atoms with Crippen molar-refractivity contribution in [3.63, 3.8) is 0 Å². The first kappa shape index (κ1) is 16.7. The number of alkyl halides is 3. The van der Waals surface area contributed by atoms with E-state index in [4.69, 9.17) is 0 Å². The fourth-order valence-electron chi connectivity index (χ4n) is 2.70. The summed E-state index contributed by atoms with van der Waals surface area (Å²) in [6.07, 6.45) is -3.24. The van der Waals surface area contributed by atoms with E-state index in [1.807, 2.05) is 17.0 Å². The molecule has 7 heteroatoms. The highest BCUT2D eigenvalue weighted by Gasteiger charge is 2.32. The molecule has 0 bridgehead atoms. The molecule has 1 aromatic rings. The van der Waals surface area contributed by atoms with E-state index in [0.29, 0.717) is 13.1 Å². The van der Waals surface area contributed by atoms with Crippen molar-refractivity contribution in [2.24, 2.45) is 0 Å². The van der Waals surface area contributed by atoms with Gasteiger partial charge in [-0.05, 0) is 31.5 Å². The van der Waals surface area contributed by atoms with E-state index in [1.165, 1.54) is 6.92 Å². The summed E-state index contributed by atoms with van der Waals surface area (Å²) < 4.78 is 37.2. The maximum Gasteiger partial charge on any atom is 0.390 e. The zero-order valence-corrected chi connectivity index (χ0v) is 12.5. The van der Waals surface area contributed by atoms with Crippen LogP contribution in [-0.4, -0.2) is 35.1 Å². The molecule has 1 unspecified atom stereocenters. The maximum absolute atomic E-state index is 12.4. The van der Waals surface area contributed by atoms with E-state index < -0.39 is 12.6 Å². The molecule has 22 heavy (non-hydrogen) atoms. The van der Waals surface area contributed by atoms with E-state index in [0.717, 1.165) is 24.2 Å². The molecule has 0 radical (unpaired) electrons. The summed E-state index contributed by atoms with van der Waals surface area (Å²) in [6, 6.07) is 5.40. The smallest absolute Gasteiger partial charge is 0.351 e. The third kappa shape index (κ3) is 4.98. The highest BCUT2D eigenvalue weighted by Crippen LogP contribution is 2.32. The van der Waals surface area contributed by atoms with Gasteiger partial charge in [0.15, 0.2) is 0 Å². The number of pyridine rings is 1. The molecule has 0 spiro atoms. The first-order valence-electron chi connectivity index (χ1n) is 7.36. The van der Waals surface area contributed by atoms with Gasteiger partial charge in [-0.15, -0.1) is 0 Å². The lowest BCUT2D eigenvalue weighted by Gasteiger charge is -2.24. The van der Waals surface area contributed by atoms with Gasteiger partial charge < -0.3 is 5.32 Å². The average molecular weight is 315 g/mol. The molecule has 1 atom stereocenters. The number of hydrogen-bond donors (Lipinski definition) is 1. The zero-order valence-electron chi connectivity index (χ0n) is 12.5. The van der Waals surface area contributed by atoms with Crippen molar-refractivity contribution in [1.82, 2.24) is 15.2 Å². The Labute approximate surface area is 127 Å². The SMILES string of the molecule is CC(=O)NCc1cccc(C2CCCN2CCC(F)(F)F)n1. The molecular weight excluding hydrogens is 295 g/mol. The summed E-state index contributed by atoms with van der Waals surface area (Å²) in [7, 11) is 0. The molecule has 2 rings (SSSR count). The Morgan fingerprint density at radius 3 is 2.91 bits per heavy atom. The second-order valence-corrected chi connectivity index (χ2v) is 5.52. The lowest BCUT2D eigenvalue weighted by Crippen LogP contribution is -2.28. The fraction of sp³-hybridized carbons (Fsp3) is 0.600. The van der Waals surface area contributed by atoms with Gasteiger partial charge in [0.25, 0.3) is 0 Å². The summed E-state index contributed by atoms with van der Waals surface area (Å²) in [6.45, 7) is 2.43. The number of carbonyl (C=O) groups is 1. The third-order valence-corrected chi connectivity index (χ3v) is 3.73. The first-order chi connectivity index (χ1) is 10.3. The number of halogens is 3. The van der Waals surface area contributed by atoms with Gasteiger partial charge in [-0.25, -0.2) is 0 Å². The molecule has 1 amide bonds. The fourth-order valence-corrected chi connectivity index (χ4v) is 2.70. The zero-order chi connectivity index (χ0) is 16.2. The lowest BCUT2D eigenvalue weighted by atomic mass is 10.1. The van der Waals surface area contributed by atoms with E-state index in [9.17, 15) is 18.0 Å². The van der Waals surface area contributed by atoms with Gasteiger partial charge >= 0.3 is 6.18 Å². The topological polar surface area (TPSA) is 45.2 Å². The van der Waals surface area contributed by atoms with Crippen LogP contribution in [0.5, 0.6) is 0 Å². The Hall–Kier alpha value is -1.63. The first-order valence-corrected chi connectivity index (χ1v) is 7.36. The Morgan fingerprint density at radius 1 is 1.45 bits per heavy atom.